The molecule has 0 saturated carbocycles. The molecule has 2 N–H and O–H groups in total. The van der Waals surface area contributed by atoms with Crippen LogP contribution in [0.5, 0.6) is 0 Å². The van der Waals surface area contributed by atoms with Gasteiger partial charge in [0.25, 0.3) is 5.91 Å². The van der Waals surface area contributed by atoms with Gasteiger partial charge in [0.05, 0.1) is 0 Å². The third kappa shape index (κ3) is 3.55. The first kappa shape index (κ1) is 15.4. The molecule has 1 aromatic rings. The standard InChI is InChI=1S/C16H24N2OS/c1-12(2)20-14-6-4-13(5-7-14)15(19)18-9-8-16(3,10-17)11-18/h4-7,12H,8-11,17H2,1-3H3. The molecule has 2 rings (SSSR count). The van der Waals surface area contributed by atoms with E-state index in [0.29, 0.717) is 11.8 Å². The molecule has 20 heavy (non-hydrogen) atoms. The van der Waals surface area contributed by atoms with Gasteiger partial charge in [-0.15, -0.1) is 11.8 Å². The second-order valence-electron chi connectivity index (χ2n) is 6.18. The molecule has 0 aliphatic carbocycles. The lowest BCUT2D eigenvalue weighted by Gasteiger charge is -2.22. The molecule has 1 aliphatic heterocycles. The van der Waals surface area contributed by atoms with E-state index in [1.165, 1.54) is 4.90 Å². The second kappa shape index (κ2) is 6.19. The number of hydrogen-bond acceptors (Lipinski definition) is 3. The van der Waals surface area contributed by atoms with Crippen molar-refractivity contribution in [3.05, 3.63) is 29.8 Å². The van der Waals surface area contributed by atoms with Crippen LogP contribution >= 0.6 is 11.8 Å². The molecular weight excluding hydrogens is 268 g/mol. The Bertz CT molecular complexity index is 472. The summed E-state index contributed by atoms with van der Waals surface area (Å²) in [7, 11) is 0. The smallest absolute Gasteiger partial charge is 0.253 e. The van der Waals surface area contributed by atoms with Gasteiger partial charge in [-0.2, -0.15) is 0 Å². The maximum Gasteiger partial charge on any atom is 0.253 e. The Morgan fingerprint density at radius 1 is 1.40 bits per heavy atom. The van der Waals surface area contributed by atoms with Crippen LogP contribution in [0.15, 0.2) is 29.2 Å². The molecule has 0 bridgehead atoms. The highest BCUT2D eigenvalue weighted by atomic mass is 32.2. The lowest BCUT2D eigenvalue weighted by atomic mass is 9.90. The molecular formula is C16H24N2OS. The minimum Gasteiger partial charge on any atom is -0.338 e. The van der Waals surface area contributed by atoms with Gasteiger partial charge in [-0.3, -0.25) is 4.79 Å². The van der Waals surface area contributed by atoms with Crippen LogP contribution in [0.1, 0.15) is 37.6 Å². The van der Waals surface area contributed by atoms with Crippen molar-refractivity contribution in [2.45, 2.75) is 37.3 Å². The van der Waals surface area contributed by atoms with Crippen LogP contribution in [0, 0.1) is 5.41 Å². The first-order valence-electron chi connectivity index (χ1n) is 7.19. The zero-order valence-corrected chi connectivity index (χ0v) is 13.4. The van der Waals surface area contributed by atoms with Crippen molar-refractivity contribution in [2.24, 2.45) is 11.1 Å². The summed E-state index contributed by atoms with van der Waals surface area (Å²) in [5, 5.41) is 0.556. The summed E-state index contributed by atoms with van der Waals surface area (Å²) >= 11 is 1.81. The van der Waals surface area contributed by atoms with E-state index in [1.54, 1.807) is 0 Å². The number of nitrogens with zero attached hydrogens (tertiary/aromatic N) is 1. The van der Waals surface area contributed by atoms with E-state index in [9.17, 15) is 4.79 Å². The minimum atomic E-state index is 0.0864. The summed E-state index contributed by atoms with van der Waals surface area (Å²) in [6.07, 6.45) is 0.997. The van der Waals surface area contributed by atoms with Crippen LogP contribution in [0.2, 0.25) is 0 Å². The molecule has 1 aromatic carbocycles. The van der Waals surface area contributed by atoms with E-state index in [-0.39, 0.29) is 11.3 Å². The van der Waals surface area contributed by atoms with E-state index >= 15 is 0 Å². The van der Waals surface area contributed by atoms with Crippen molar-refractivity contribution >= 4 is 17.7 Å². The van der Waals surface area contributed by atoms with Crippen molar-refractivity contribution in [3.8, 4) is 0 Å². The highest BCUT2D eigenvalue weighted by Crippen LogP contribution is 2.30. The number of hydrogen-bond donors (Lipinski definition) is 1. The quantitative estimate of drug-likeness (QED) is 0.868. The monoisotopic (exact) mass is 292 g/mol. The molecule has 1 unspecified atom stereocenters. The lowest BCUT2D eigenvalue weighted by molar-refractivity contribution is 0.0777. The van der Waals surface area contributed by atoms with Gasteiger partial charge >= 0.3 is 0 Å². The van der Waals surface area contributed by atoms with Gasteiger partial charge in [0.2, 0.25) is 0 Å². The van der Waals surface area contributed by atoms with Crippen LogP contribution in [0.25, 0.3) is 0 Å². The molecule has 3 nitrogen and oxygen atoms in total. The van der Waals surface area contributed by atoms with Crippen LogP contribution < -0.4 is 5.73 Å². The van der Waals surface area contributed by atoms with E-state index in [4.69, 9.17) is 5.73 Å². The van der Waals surface area contributed by atoms with Gasteiger partial charge in [0.15, 0.2) is 0 Å². The first-order chi connectivity index (χ1) is 9.43. The largest absolute Gasteiger partial charge is 0.338 e. The number of benzene rings is 1. The number of likely N-dealkylation sites (tertiary alicyclic amines) is 1. The van der Waals surface area contributed by atoms with Crippen LogP contribution in [0.3, 0.4) is 0 Å². The number of rotatable bonds is 4. The van der Waals surface area contributed by atoms with Gasteiger partial charge in [-0.1, -0.05) is 20.8 Å². The van der Waals surface area contributed by atoms with Gasteiger partial charge < -0.3 is 10.6 Å². The van der Waals surface area contributed by atoms with Crippen molar-refractivity contribution in [3.63, 3.8) is 0 Å². The van der Waals surface area contributed by atoms with Crippen molar-refractivity contribution < 1.29 is 4.79 Å². The molecule has 1 fully saturated rings. The Hall–Kier alpha value is -1.00. The van der Waals surface area contributed by atoms with Crippen molar-refractivity contribution in [1.82, 2.24) is 4.90 Å². The fourth-order valence-corrected chi connectivity index (χ4v) is 3.33. The molecule has 1 aliphatic rings. The summed E-state index contributed by atoms with van der Waals surface area (Å²) in [5.74, 6) is 0.128. The van der Waals surface area contributed by atoms with E-state index in [0.717, 1.165) is 25.1 Å². The molecule has 0 radical (unpaired) electrons. The highest BCUT2D eigenvalue weighted by molar-refractivity contribution is 7.99. The van der Waals surface area contributed by atoms with E-state index in [2.05, 4.69) is 20.8 Å². The summed E-state index contributed by atoms with van der Waals surface area (Å²) in [6, 6.07) is 7.95. The number of amides is 1. The fourth-order valence-electron chi connectivity index (χ4n) is 2.49. The average molecular weight is 292 g/mol. The normalized spacial score (nSPS) is 22.6. The van der Waals surface area contributed by atoms with Crippen LogP contribution in [-0.2, 0) is 0 Å². The maximum atomic E-state index is 12.5. The van der Waals surface area contributed by atoms with E-state index in [1.807, 2.05) is 40.9 Å². The van der Waals surface area contributed by atoms with Gasteiger partial charge in [0.1, 0.15) is 0 Å². The van der Waals surface area contributed by atoms with E-state index < -0.39 is 0 Å². The summed E-state index contributed by atoms with van der Waals surface area (Å²) < 4.78 is 0. The third-order valence-corrected chi connectivity index (χ3v) is 4.83. The van der Waals surface area contributed by atoms with Gasteiger partial charge in [-0.05, 0) is 42.6 Å². The molecule has 0 spiro atoms. The summed E-state index contributed by atoms with van der Waals surface area (Å²) in [5.41, 5.74) is 6.66. The van der Waals surface area contributed by atoms with Gasteiger partial charge in [0, 0.05) is 28.8 Å². The number of nitrogens with two attached hydrogens (primary N) is 1. The maximum absolute atomic E-state index is 12.5. The van der Waals surface area contributed by atoms with Crippen LogP contribution in [0.4, 0.5) is 0 Å². The SMILES string of the molecule is CC(C)Sc1ccc(C(=O)N2CCC(C)(CN)C2)cc1. The summed E-state index contributed by atoms with van der Waals surface area (Å²) in [4.78, 5) is 15.6. The topological polar surface area (TPSA) is 46.3 Å². The zero-order chi connectivity index (χ0) is 14.8. The Morgan fingerprint density at radius 2 is 2.05 bits per heavy atom. The van der Waals surface area contributed by atoms with Crippen molar-refractivity contribution in [1.29, 1.82) is 0 Å². The Morgan fingerprint density at radius 3 is 2.55 bits per heavy atom. The Balaban J connectivity index is 2.03. The molecule has 110 valence electrons. The molecule has 1 heterocycles. The second-order valence-corrected chi connectivity index (χ2v) is 7.83. The lowest BCUT2D eigenvalue weighted by Crippen LogP contribution is -2.34. The molecule has 1 amide bonds. The first-order valence-corrected chi connectivity index (χ1v) is 8.07. The molecule has 4 heteroatoms. The number of thioether (sulfide) groups is 1. The van der Waals surface area contributed by atoms with Gasteiger partial charge in [-0.25, -0.2) is 0 Å². The molecule has 0 aromatic heterocycles. The third-order valence-electron chi connectivity index (χ3n) is 3.81. The highest BCUT2D eigenvalue weighted by Gasteiger charge is 2.35. The summed E-state index contributed by atoms with van der Waals surface area (Å²) in [6.45, 7) is 8.71. The molecule has 1 atom stereocenters. The predicted molar refractivity (Wildman–Crippen MR) is 85.1 cm³/mol. The Labute approximate surface area is 125 Å². The Kier molecular flexibility index (Phi) is 4.76. The minimum absolute atomic E-state index is 0.0864. The predicted octanol–water partition coefficient (Wildman–Crippen LogP) is 3.00. The number of carbonyl (C=O) groups excluding carboxylic acids is 1. The van der Waals surface area contributed by atoms with Crippen LogP contribution in [-0.4, -0.2) is 35.7 Å². The average Bonchev–Trinajstić information content (AvgIpc) is 2.82. The fraction of sp³-hybridized carbons (Fsp3) is 0.562. The zero-order valence-electron chi connectivity index (χ0n) is 12.6. The number of carbonyl (C=O) groups is 1. The van der Waals surface area contributed by atoms with Crippen molar-refractivity contribution in [2.75, 3.05) is 19.6 Å². The molecule has 1 saturated heterocycles.